The summed E-state index contributed by atoms with van der Waals surface area (Å²) in [5.74, 6) is 0.664. The van der Waals surface area contributed by atoms with Gasteiger partial charge in [-0.15, -0.1) is 5.06 Å². The first-order valence-corrected chi connectivity index (χ1v) is 14.8. The van der Waals surface area contributed by atoms with Crippen LogP contribution in [0.2, 0.25) is 0 Å². The van der Waals surface area contributed by atoms with Crippen LogP contribution in [0.5, 0.6) is 0 Å². The first-order chi connectivity index (χ1) is 20.6. The predicted molar refractivity (Wildman–Crippen MR) is 163 cm³/mol. The van der Waals surface area contributed by atoms with Gasteiger partial charge in [0.1, 0.15) is 12.0 Å². The van der Waals surface area contributed by atoms with Crippen molar-refractivity contribution in [1.82, 2.24) is 24.4 Å². The number of nitrogens with zero attached hydrogens (tertiary/aromatic N) is 5. The van der Waals surface area contributed by atoms with Crippen molar-refractivity contribution in [3.05, 3.63) is 78.2 Å². The quantitative estimate of drug-likeness (QED) is 0.325. The van der Waals surface area contributed by atoms with Crippen LogP contribution in [-0.2, 0) is 16.1 Å². The lowest BCUT2D eigenvalue weighted by Crippen LogP contribution is -2.56. The maximum Gasteiger partial charge on any atom is 0.527 e. The Balaban J connectivity index is 1.71. The summed E-state index contributed by atoms with van der Waals surface area (Å²) in [6.07, 6.45) is -0.201. The maximum absolute atomic E-state index is 15.1. The number of carbonyl (C=O) groups excluding carboxylic acids is 2. The zero-order chi connectivity index (χ0) is 31.0. The number of amides is 2. The summed E-state index contributed by atoms with van der Waals surface area (Å²) in [7, 11) is 0. The Hall–Kier alpha value is -3.96. The zero-order valence-corrected chi connectivity index (χ0v) is 25.5. The van der Waals surface area contributed by atoms with Crippen LogP contribution >= 0.6 is 0 Å². The van der Waals surface area contributed by atoms with Crippen LogP contribution in [0.15, 0.2) is 66.9 Å². The summed E-state index contributed by atoms with van der Waals surface area (Å²) in [6, 6.07) is 19.0. The van der Waals surface area contributed by atoms with E-state index in [1.807, 2.05) is 87.6 Å². The lowest BCUT2D eigenvalue weighted by Gasteiger charge is -2.43. The third kappa shape index (κ3) is 8.32. The van der Waals surface area contributed by atoms with Crippen molar-refractivity contribution in [2.75, 3.05) is 45.9 Å². The largest absolute Gasteiger partial charge is 0.527 e. The van der Waals surface area contributed by atoms with Gasteiger partial charge in [-0.05, 0) is 17.9 Å². The fourth-order valence-electron chi connectivity index (χ4n) is 5.28. The molecule has 1 aromatic heterocycles. The topological polar surface area (TPSA) is 106 Å². The average molecular weight is 595 g/mol. The molecule has 4 rings (SSSR count). The van der Waals surface area contributed by atoms with Crippen LogP contribution in [0.3, 0.4) is 0 Å². The Morgan fingerprint density at radius 1 is 1.02 bits per heavy atom. The first kappa shape index (κ1) is 32.0. The van der Waals surface area contributed by atoms with Gasteiger partial charge >= 0.3 is 12.2 Å². The number of alkyl halides is 1. The smallest absolute Gasteiger partial charge is 0.433 e. The molecular formula is C32H43FN6O4. The molecule has 232 valence electrons. The summed E-state index contributed by atoms with van der Waals surface area (Å²) in [5.41, 5.74) is 8.01. The molecule has 10 nitrogen and oxygen atoms in total. The molecule has 43 heavy (non-hydrogen) atoms. The van der Waals surface area contributed by atoms with Crippen molar-refractivity contribution < 1.29 is 23.6 Å². The number of hydroxylamine groups is 2. The van der Waals surface area contributed by atoms with Crippen molar-refractivity contribution in [3.63, 3.8) is 0 Å². The predicted octanol–water partition coefficient (Wildman–Crippen LogP) is 5.11. The van der Waals surface area contributed by atoms with E-state index in [0.717, 1.165) is 16.8 Å². The lowest BCUT2D eigenvalue weighted by atomic mass is 9.84. The molecule has 2 N–H and O–H groups in total. The van der Waals surface area contributed by atoms with E-state index in [2.05, 4.69) is 4.57 Å². The monoisotopic (exact) mass is 594 g/mol. The number of nitrogens with two attached hydrogens (primary N) is 1. The highest BCUT2D eigenvalue weighted by Crippen LogP contribution is 2.40. The van der Waals surface area contributed by atoms with Gasteiger partial charge in [0.15, 0.2) is 0 Å². The maximum atomic E-state index is 15.1. The van der Waals surface area contributed by atoms with Gasteiger partial charge in [-0.3, -0.25) is 0 Å². The standard InChI is InChI=1S/C32H43FN6O4/c1-5-42-31(41)43-38-18-16-36(17-19-38)30(40)39(22-26(33)20-34)28(32(2,3)4)29-35-27(25-14-10-7-11-15-25)23-37(29)21-24-12-8-6-9-13-24/h6-15,23,26,28H,5,16-22,34H2,1-4H3/t26-,28-/m0/s1. The summed E-state index contributed by atoms with van der Waals surface area (Å²) in [6.45, 7) is 9.31. The van der Waals surface area contributed by atoms with Crippen LogP contribution in [0.25, 0.3) is 11.3 Å². The van der Waals surface area contributed by atoms with Crippen LogP contribution < -0.4 is 5.73 Å². The van der Waals surface area contributed by atoms with Crippen LogP contribution in [0.1, 0.15) is 45.1 Å². The Morgan fingerprint density at radius 2 is 1.65 bits per heavy atom. The van der Waals surface area contributed by atoms with E-state index >= 15 is 4.39 Å². The molecule has 1 aliphatic heterocycles. The van der Waals surface area contributed by atoms with E-state index in [4.69, 9.17) is 20.3 Å². The van der Waals surface area contributed by atoms with Gasteiger partial charge in [-0.1, -0.05) is 81.4 Å². The highest BCUT2D eigenvalue weighted by Gasteiger charge is 2.41. The third-order valence-electron chi connectivity index (χ3n) is 7.32. The molecule has 2 atom stereocenters. The molecule has 2 amide bonds. The number of urea groups is 1. The number of halogens is 1. The highest BCUT2D eigenvalue weighted by atomic mass is 19.1. The number of piperazine rings is 1. The van der Waals surface area contributed by atoms with Gasteiger partial charge in [0.05, 0.1) is 38.0 Å². The van der Waals surface area contributed by atoms with E-state index in [1.165, 1.54) is 5.06 Å². The number of hydrogen-bond donors (Lipinski definition) is 1. The van der Waals surface area contributed by atoms with Crippen molar-refractivity contribution in [2.45, 2.75) is 46.5 Å². The van der Waals surface area contributed by atoms with Gasteiger partial charge in [0.2, 0.25) is 0 Å². The van der Waals surface area contributed by atoms with Crippen LogP contribution in [0, 0.1) is 5.41 Å². The lowest BCUT2D eigenvalue weighted by molar-refractivity contribution is -0.142. The zero-order valence-electron chi connectivity index (χ0n) is 25.5. The summed E-state index contributed by atoms with van der Waals surface area (Å²) < 4.78 is 22.1. The minimum atomic E-state index is -1.42. The molecule has 1 aliphatic rings. The Kier molecular flexibility index (Phi) is 10.8. The summed E-state index contributed by atoms with van der Waals surface area (Å²) in [4.78, 5) is 39.6. The number of benzene rings is 2. The molecule has 2 aromatic carbocycles. The van der Waals surface area contributed by atoms with Crippen molar-refractivity contribution in [1.29, 1.82) is 0 Å². The first-order valence-electron chi connectivity index (χ1n) is 14.8. The van der Waals surface area contributed by atoms with Gasteiger partial charge in [0, 0.05) is 37.9 Å². The molecular weight excluding hydrogens is 551 g/mol. The second kappa shape index (κ2) is 14.5. The molecule has 0 bridgehead atoms. The highest BCUT2D eigenvalue weighted by molar-refractivity contribution is 5.75. The summed E-state index contributed by atoms with van der Waals surface area (Å²) >= 11 is 0. The molecule has 0 spiro atoms. The number of rotatable bonds is 10. The number of ether oxygens (including phenoxy) is 1. The SMILES string of the molecule is CCOC(=O)ON1CCN(C(=O)N(C[C@@H](F)CN)[C@@H](c2nc(-c3ccccc3)cn2Cc2ccccc2)C(C)(C)C)CC1. The van der Waals surface area contributed by atoms with Gasteiger partial charge in [-0.25, -0.2) is 19.0 Å². The minimum absolute atomic E-state index is 0.185. The molecule has 0 saturated carbocycles. The molecule has 0 radical (unpaired) electrons. The van der Waals surface area contributed by atoms with Crippen LogP contribution in [0.4, 0.5) is 14.0 Å². The molecule has 1 fully saturated rings. The molecule has 3 aromatic rings. The fraction of sp³-hybridized carbons (Fsp3) is 0.469. The Morgan fingerprint density at radius 3 is 2.23 bits per heavy atom. The van der Waals surface area contributed by atoms with E-state index < -0.39 is 23.8 Å². The fourth-order valence-corrected chi connectivity index (χ4v) is 5.28. The molecule has 1 saturated heterocycles. The third-order valence-corrected chi connectivity index (χ3v) is 7.32. The van der Waals surface area contributed by atoms with Gasteiger partial charge < -0.3 is 29.7 Å². The number of hydrogen-bond acceptors (Lipinski definition) is 7. The second-order valence-corrected chi connectivity index (χ2v) is 11.7. The molecule has 2 heterocycles. The van der Waals surface area contributed by atoms with Crippen LogP contribution in [-0.4, -0.2) is 88.6 Å². The number of carbonyl (C=O) groups is 2. The van der Waals surface area contributed by atoms with E-state index in [1.54, 1.807) is 16.7 Å². The average Bonchev–Trinajstić information content (AvgIpc) is 3.39. The van der Waals surface area contributed by atoms with Gasteiger partial charge in [-0.2, -0.15) is 0 Å². The van der Waals surface area contributed by atoms with Gasteiger partial charge in [0.25, 0.3) is 0 Å². The molecule has 0 unspecified atom stereocenters. The number of aromatic nitrogens is 2. The normalized spacial score (nSPS) is 15.5. The van der Waals surface area contributed by atoms with Crippen molar-refractivity contribution >= 4 is 12.2 Å². The summed E-state index contributed by atoms with van der Waals surface area (Å²) in [5, 5.41) is 1.48. The Labute approximate surface area is 253 Å². The van der Waals surface area contributed by atoms with E-state index in [-0.39, 0.29) is 25.7 Å². The van der Waals surface area contributed by atoms with Crippen molar-refractivity contribution in [3.8, 4) is 11.3 Å². The molecule has 0 aliphatic carbocycles. The van der Waals surface area contributed by atoms with E-state index in [9.17, 15) is 9.59 Å². The van der Waals surface area contributed by atoms with Crippen molar-refractivity contribution in [2.24, 2.45) is 11.1 Å². The minimum Gasteiger partial charge on any atom is -0.433 e. The molecule has 11 heteroatoms. The number of imidazole rings is 1. The second-order valence-electron chi connectivity index (χ2n) is 11.7. The van der Waals surface area contributed by atoms with E-state index in [0.29, 0.717) is 38.5 Å². The Bertz CT molecular complexity index is 1320.